The third-order valence-electron chi connectivity index (χ3n) is 18.7. The predicted molar refractivity (Wildman–Crippen MR) is 339 cm³/mol. The monoisotopic (exact) mass is 1370 g/mol. The molecule has 10 unspecified atom stereocenters. The first-order valence-corrected chi connectivity index (χ1v) is 35.3. The van der Waals surface area contributed by atoms with Gasteiger partial charge in [0.1, 0.15) is 116 Å². The molecular formula is C66H120N2O27. The van der Waals surface area contributed by atoms with Crippen molar-refractivity contribution in [2.24, 2.45) is 0 Å². The van der Waals surface area contributed by atoms with E-state index in [9.17, 15) is 86.2 Å². The number of ether oxygens (including phenoxy) is 10. The molecule has 5 rings (SSSR count). The number of aliphatic hydroxyl groups is 15. The lowest BCUT2D eigenvalue weighted by atomic mass is 9.94. The first-order chi connectivity index (χ1) is 45.7. The number of hydrogen-bond donors (Lipinski definition) is 17. The second-order valence-corrected chi connectivity index (χ2v) is 26.4. The van der Waals surface area contributed by atoms with Crippen LogP contribution in [0.15, 0.2) is 12.2 Å². The second kappa shape index (κ2) is 44.8. The Morgan fingerprint density at radius 3 is 1.39 bits per heavy atom. The molecule has 5 aliphatic rings. The van der Waals surface area contributed by atoms with Crippen LogP contribution in [0.5, 0.6) is 0 Å². The Morgan fingerprint density at radius 2 is 0.853 bits per heavy atom. The molecule has 2 amide bonds. The van der Waals surface area contributed by atoms with Gasteiger partial charge in [0.2, 0.25) is 11.8 Å². The van der Waals surface area contributed by atoms with Crippen molar-refractivity contribution in [3.05, 3.63) is 12.2 Å². The molecule has 5 aliphatic heterocycles. The van der Waals surface area contributed by atoms with Crippen molar-refractivity contribution in [3.8, 4) is 0 Å². The fourth-order valence-corrected chi connectivity index (χ4v) is 12.8. The van der Waals surface area contributed by atoms with E-state index in [2.05, 4.69) is 24.5 Å². The molecule has 0 radical (unpaired) electrons. The standard InChI is InChI=1S/C66H120N2O27/c1-5-7-9-11-13-15-17-19-21-23-25-27-29-31-41(74)40(68-46(75)32-30-28-26-24-22-20-18-16-14-12-10-8-6-2)37-86-63-56(84)54(82)59(45(36-72)91-63)92-65-57(85)60(50(78)43(34-70)88-65)94-62-47(67-39(4)73)51(79)58(44(35-71)90-62)93-66-61(53(81)49(77)42(33-69)89-66)95-64-55(83)52(80)48(76)38(3)87-64/h29,31,38,40-45,47-66,69-72,74,76-85H,5-28,30,32-37H2,1-4H3,(H,67,73)(H,68,75)/b31-29+/t38?,40-,41+,42?,43?,44?,45?,47?,48+,49-,50-,51+,52?,53-,54+,55-,56?,57?,58+,59+,60-,61?,62-,63+,64+,65-,66-/m0/s1. The van der Waals surface area contributed by atoms with Gasteiger partial charge in [-0.25, -0.2) is 0 Å². The third-order valence-corrected chi connectivity index (χ3v) is 18.7. The molecule has 0 aromatic carbocycles. The number of amides is 2. The van der Waals surface area contributed by atoms with Crippen LogP contribution >= 0.6 is 0 Å². The summed E-state index contributed by atoms with van der Waals surface area (Å²) in [6.45, 7) is 2.61. The average Bonchev–Trinajstić information content (AvgIpc) is 0.786. The van der Waals surface area contributed by atoms with Gasteiger partial charge in [0.15, 0.2) is 31.5 Å². The Bertz CT molecular complexity index is 2090. The van der Waals surface area contributed by atoms with Crippen LogP contribution in [0.1, 0.15) is 195 Å². The average molecular weight is 1370 g/mol. The summed E-state index contributed by atoms with van der Waals surface area (Å²) in [7, 11) is 0. The predicted octanol–water partition coefficient (Wildman–Crippen LogP) is -0.145. The van der Waals surface area contributed by atoms with E-state index in [1.54, 1.807) is 6.08 Å². The highest BCUT2D eigenvalue weighted by Gasteiger charge is 2.57. The summed E-state index contributed by atoms with van der Waals surface area (Å²) in [5, 5.41) is 171. The third kappa shape index (κ3) is 25.9. The maximum absolute atomic E-state index is 13.4. The number of aliphatic hydroxyl groups excluding tert-OH is 15. The van der Waals surface area contributed by atoms with E-state index in [-0.39, 0.29) is 12.3 Å². The van der Waals surface area contributed by atoms with Crippen LogP contribution in [0.2, 0.25) is 0 Å². The SMILES string of the molecule is CCCCCCCCCCCCC/C=C/[C@@H](O)[C@H](CO[C@@H]1OC(CO)[C@@H](O[C@@H]2OC(CO)[C@H](O)[C@H](O[C@@H]3OC(CO)[C@@H](O[C@@H]4OC(CO)[C@H](O)[C@H](O)C4O[C@H]4OC(C)[C@@H](O)C(O)[C@@H]4O)[C@H](O)C3NC(C)=O)C2O)[C@H](O)C1O)NC(=O)CCCCCCCCCCCCCCC. The fourth-order valence-electron chi connectivity index (χ4n) is 12.8. The van der Waals surface area contributed by atoms with Crippen LogP contribution in [0, 0.1) is 0 Å². The van der Waals surface area contributed by atoms with Gasteiger partial charge in [-0.3, -0.25) is 9.59 Å². The molecule has 5 heterocycles. The Labute approximate surface area is 559 Å². The number of hydrogen-bond acceptors (Lipinski definition) is 27. The molecular weight excluding hydrogens is 1250 g/mol. The molecule has 17 N–H and O–H groups in total. The summed E-state index contributed by atoms with van der Waals surface area (Å²) in [6.07, 6.45) is -12.7. The molecule has 0 aromatic rings. The quantitative estimate of drug-likeness (QED) is 0.0279. The van der Waals surface area contributed by atoms with Gasteiger partial charge in [-0.1, -0.05) is 167 Å². The summed E-state index contributed by atoms with van der Waals surface area (Å²) in [5.41, 5.74) is 0. The van der Waals surface area contributed by atoms with Gasteiger partial charge < -0.3 is 135 Å². The zero-order chi connectivity index (χ0) is 69.6. The molecule has 29 heteroatoms. The largest absolute Gasteiger partial charge is 0.394 e. The zero-order valence-electron chi connectivity index (χ0n) is 56.3. The molecule has 5 saturated heterocycles. The van der Waals surface area contributed by atoms with Crippen molar-refractivity contribution in [2.45, 2.75) is 360 Å². The first kappa shape index (κ1) is 83.3. The van der Waals surface area contributed by atoms with Gasteiger partial charge in [-0.15, -0.1) is 0 Å². The van der Waals surface area contributed by atoms with Crippen molar-refractivity contribution >= 4 is 11.8 Å². The number of rotatable bonds is 45. The fraction of sp³-hybridized carbons (Fsp3) is 0.939. The number of carbonyl (C=O) groups is 2. The van der Waals surface area contributed by atoms with Crippen molar-refractivity contribution in [1.29, 1.82) is 0 Å². The van der Waals surface area contributed by atoms with E-state index in [0.717, 1.165) is 51.9 Å². The van der Waals surface area contributed by atoms with Gasteiger partial charge >= 0.3 is 0 Å². The highest BCUT2D eigenvalue weighted by Crippen LogP contribution is 2.37. The molecule has 27 atom stereocenters. The Balaban J connectivity index is 1.23. The maximum Gasteiger partial charge on any atom is 0.220 e. The zero-order valence-corrected chi connectivity index (χ0v) is 56.3. The van der Waals surface area contributed by atoms with Crippen LogP contribution in [0.3, 0.4) is 0 Å². The molecule has 0 bridgehead atoms. The molecule has 29 nitrogen and oxygen atoms in total. The summed E-state index contributed by atoms with van der Waals surface area (Å²) >= 11 is 0. The van der Waals surface area contributed by atoms with Crippen molar-refractivity contribution in [2.75, 3.05) is 33.0 Å². The van der Waals surface area contributed by atoms with E-state index in [4.69, 9.17) is 47.4 Å². The number of allylic oxidation sites excluding steroid dienone is 1. The Kier molecular flexibility index (Phi) is 39.3. The van der Waals surface area contributed by atoms with Gasteiger partial charge in [0.05, 0.1) is 51.3 Å². The van der Waals surface area contributed by atoms with E-state index in [1.165, 1.54) is 110 Å². The van der Waals surface area contributed by atoms with E-state index in [1.807, 2.05) is 6.08 Å². The lowest BCUT2D eigenvalue weighted by Crippen LogP contribution is -2.70. The molecule has 0 spiro atoms. The van der Waals surface area contributed by atoms with E-state index in [0.29, 0.717) is 12.8 Å². The smallest absolute Gasteiger partial charge is 0.220 e. The molecule has 556 valence electrons. The van der Waals surface area contributed by atoms with Gasteiger partial charge in [-0.05, 0) is 26.2 Å². The Hall–Kier alpha value is -2.32. The summed E-state index contributed by atoms with van der Waals surface area (Å²) < 4.78 is 58.9. The second-order valence-electron chi connectivity index (χ2n) is 26.4. The Morgan fingerprint density at radius 1 is 0.432 bits per heavy atom. The number of carbonyl (C=O) groups excluding carboxylic acids is 2. The summed E-state index contributed by atoms with van der Waals surface area (Å²) in [5.74, 6) is -1.14. The topological polar surface area (TPSA) is 454 Å². The molecule has 0 aromatic heterocycles. The first-order valence-electron chi connectivity index (χ1n) is 35.3. The number of nitrogens with one attached hydrogen (secondary N) is 2. The van der Waals surface area contributed by atoms with E-state index < -0.39 is 205 Å². The van der Waals surface area contributed by atoms with Crippen molar-refractivity contribution in [3.63, 3.8) is 0 Å². The van der Waals surface area contributed by atoms with Gasteiger partial charge in [-0.2, -0.15) is 0 Å². The van der Waals surface area contributed by atoms with Gasteiger partial charge in [0, 0.05) is 13.3 Å². The minimum absolute atomic E-state index is 0.196. The normalized spacial score (nSPS) is 36.9. The van der Waals surface area contributed by atoms with Crippen molar-refractivity contribution < 1.29 is 134 Å². The lowest BCUT2D eigenvalue weighted by Gasteiger charge is -2.50. The van der Waals surface area contributed by atoms with Crippen LogP contribution in [-0.2, 0) is 57.0 Å². The van der Waals surface area contributed by atoms with Crippen molar-refractivity contribution in [1.82, 2.24) is 10.6 Å². The van der Waals surface area contributed by atoms with Crippen LogP contribution in [0.4, 0.5) is 0 Å². The molecule has 0 saturated carbocycles. The van der Waals surface area contributed by atoms with Crippen LogP contribution in [-0.4, -0.2) is 287 Å². The highest BCUT2D eigenvalue weighted by atomic mass is 16.8. The minimum atomic E-state index is -2.14. The molecule has 5 fully saturated rings. The van der Waals surface area contributed by atoms with E-state index >= 15 is 0 Å². The lowest BCUT2D eigenvalue weighted by molar-refractivity contribution is -0.391. The molecule has 0 aliphatic carbocycles. The highest BCUT2D eigenvalue weighted by molar-refractivity contribution is 5.76. The minimum Gasteiger partial charge on any atom is -0.394 e. The number of unbranched alkanes of at least 4 members (excludes halogenated alkanes) is 23. The summed E-state index contributed by atoms with van der Waals surface area (Å²) in [4.78, 5) is 26.2. The molecule has 95 heavy (non-hydrogen) atoms. The summed E-state index contributed by atoms with van der Waals surface area (Å²) in [6, 6.07) is -2.80. The van der Waals surface area contributed by atoms with Crippen LogP contribution < -0.4 is 10.6 Å². The van der Waals surface area contributed by atoms with Crippen LogP contribution in [0.25, 0.3) is 0 Å². The van der Waals surface area contributed by atoms with Gasteiger partial charge in [0.25, 0.3) is 0 Å². The maximum atomic E-state index is 13.4.